The van der Waals surface area contributed by atoms with E-state index in [0.717, 1.165) is 6.07 Å². The Kier molecular flexibility index (Phi) is 3.26. The third kappa shape index (κ3) is 2.70. The topological polar surface area (TPSA) is 32.5 Å². The predicted molar refractivity (Wildman–Crippen MR) is 59.4 cm³/mol. The molecule has 1 fully saturated rings. The summed E-state index contributed by atoms with van der Waals surface area (Å²) < 4.78 is 38.5. The summed E-state index contributed by atoms with van der Waals surface area (Å²) in [6.07, 6.45) is -4.31. The second-order valence-corrected chi connectivity index (χ2v) is 4.04. The largest absolute Gasteiger partial charge is 0.418 e. The van der Waals surface area contributed by atoms with Crippen LogP contribution in [-0.2, 0) is 6.18 Å². The van der Waals surface area contributed by atoms with Crippen LogP contribution in [0.2, 0.25) is 0 Å². The van der Waals surface area contributed by atoms with E-state index in [1.54, 1.807) is 16.0 Å². The van der Waals surface area contributed by atoms with Gasteiger partial charge in [-0.25, -0.2) is 5.01 Å². The van der Waals surface area contributed by atoms with E-state index >= 15 is 0 Å². The Hall–Kier alpha value is -1.27. The zero-order valence-electron chi connectivity index (χ0n) is 9.24. The van der Waals surface area contributed by atoms with Crippen molar-refractivity contribution in [2.45, 2.75) is 6.18 Å². The third-order valence-electron chi connectivity index (χ3n) is 2.86. The predicted octanol–water partition coefficient (Wildman–Crippen LogP) is 1.70. The molecule has 1 saturated heterocycles. The molecule has 0 aromatic heterocycles. The summed E-state index contributed by atoms with van der Waals surface area (Å²) >= 11 is 0. The summed E-state index contributed by atoms with van der Waals surface area (Å²) in [4.78, 5) is 1.73. The molecule has 1 heterocycles. The smallest absolute Gasteiger partial charge is 0.368 e. The van der Waals surface area contributed by atoms with Gasteiger partial charge in [0.05, 0.1) is 5.56 Å². The van der Waals surface area contributed by atoms with Gasteiger partial charge in [0.25, 0.3) is 0 Å². The van der Waals surface area contributed by atoms with Crippen LogP contribution in [-0.4, -0.2) is 31.2 Å². The first-order valence-corrected chi connectivity index (χ1v) is 5.39. The molecule has 6 heteroatoms. The van der Waals surface area contributed by atoms with Gasteiger partial charge in [-0.2, -0.15) is 13.2 Å². The first-order chi connectivity index (χ1) is 7.98. The number of piperazine rings is 1. The van der Waals surface area contributed by atoms with Crippen molar-refractivity contribution in [3.8, 4) is 0 Å². The van der Waals surface area contributed by atoms with Crippen molar-refractivity contribution in [1.29, 1.82) is 0 Å². The molecule has 1 aliphatic heterocycles. The molecule has 0 spiro atoms. The number of anilines is 1. The highest BCUT2D eigenvalue weighted by Crippen LogP contribution is 2.36. The molecule has 0 bridgehead atoms. The number of rotatable bonds is 1. The van der Waals surface area contributed by atoms with Gasteiger partial charge < -0.3 is 4.90 Å². The normalized spacial score (nSPS) is 18.5. The van der Waals surface area contributed by atoms with Crippen LogP contribution < -0.4 is 10.7 Å². The zero-order valence-corrected chi connectivity index (χ0v) is 9.24. The Morgan fingerprint density at radius 1 is 1.00 bits per heavy atom. The molecule has 0 unspecified atom stereocenters. The highest BCUT2D eigenvalue weighted by Gasteiger charge is 2.34. The maximum absolute atomic E-state index is 12.8. The lowest BCUT2D eigenvalue weighted by Gasteiger charge is -2.35. The lowest BCUT2D eigenvalue weighted by atomic mass is 10.1. The molecule has 2 N–H and O–H groups in total. The Balaban J connectivity index is 2.26. The maximum Gasteiger partial charge on any atom is 0.418 e. The second kappa shape index (κ2) is 4.54. The Morgan fingerprint density at radius 3 is 2.18 bits per heavy atom. The van der Waals surface area contributed by atoms with Crippen molar-refractivity contribution in [2.24, 2.45) is 5.84 Å². The number of alkyl halides is 3. The number of hydrogen-bond donors (Lipinski definition) is 1. The number of halogens is 3. The number of nitrogens with zero attached hydrogens (tertiary/aromatic N) is 2. The number of hydrazine groups is 1. The van der Waals surface area contributed by atoms with Crippen LogP contribution in [0.5, 0.6) is 0 Å². The minimum Gasteiger partial charge on any atom is -0.368 e. The molecule has 1 aliphatic rings. The first-order valence-electron chi connectivity index (χ1n) is 5.39. The average Bonchev–Trinajstić information content (AvgIpc) is 2.29. The van der Waals surface area contributed by atoms with Crippen LogP contribution >= 0.6 is 0 Å². The van der Waals surface area contributed by atoms with Crippen LogP contribution in [0.25, 0.3) is 0 Å². The van der Waals surface area contributed by atoms with Crippen LogP contribution in [0, 0.1) is 0 Å². The van der Waals surface area contributed by atoms with Gasteiger partial charge in [-0.05, 0) is 12.1 Å². The molecule has 0 amide bonds. The summed E-state index contributed by atoms with van der Waals surface area (Å²) in [5, 5.41) is 1.62. The molecule has 1 aromatic rings. The highest BCUT2D eigenvalue weighted by atomic mass is 19.4. The summed E-state index contributed by atoms with van der Waals surface area (Å²) in [5.41, 5.74) is -0.335. The van der Waals surface area contributed by atoms with Crippen molar-refractivity contribution in [2.75, 3.05) is 31.1 Å². The number of hydrogen-bond acceptors (Lipinski definition) is 3. The van der Waals surface area contributed by atoms with E-state index in [-0.39, 0.29) is 5.69 Å². The van der Waals surface area contributed by atoms with Gasteiger partial charge in [-0.15, -0.1) is 0 Å². The van der Waals surface area contributed by atoms with Crippen molar-refractivity contribution < 1.29 is 13.2 Å². The Morgan fingerprint density at radius 2 is 1.59 bits per heavy atom. The molecule has 0 radical (unpaired) electrons. The van der Waals surface area contributed by atoms with Gasteiger partial charge in [0.2, 0.25) is 0 Å². The fourth-order valence-electron chi connectivity index (χ4n) is 1.95. The van der Waals surface area contributed by atoms with E-state index in [1.165, 1.54) is 12.1 Å². The summed E-state index contributed by atoms with van der Waals surface area (Å²) in [5.74, 6) is 5.58. The number of para-hydroxylation sites is 1. The lowest BCUT2D eigenvalue weighted by molar-refractivity contribution is -0.137. The molecule has 1 aromatic carbocycles. The molecule has 2 rings (SSSR count). The zero-order chi connectivity index (χ0) is 12.5. The maximum atomic E-state index is 12.8. The van der Waals surface area contributed by atoms with Crippen LogP contribution in [0.3, 0.4) is 0 Å². The molecule has 94 valence electrons. The monoisotopic (exact) mass is 245 g/mol. The molecule has 0 atom stereocenters. The molecule has 3 nitrogen and oxygen atoms in total. The molecule has 0 aliphatic carbocycles. The van der Waals surface area contributed by atoms with Crippen molar-refractivity contribution in [3.05, 3.63) is 29.8 Å². The fourth-order valence-corrected chi connectivity index (χ4v) is 1.95. The van der Waals surface area contributed by atoms with E-state index in [1.807, 2.05) is 0 Å². The third-order valence-corrected chi connectivity index (χ3v) is 2.86. The van der Waals surface area contributed by atoms with Crippen LogP contribution in [0.4, 0.5) is 18.9 Å². The summed E-state index contributed by atoms with van der Waals surface area (Å²) in [6.45, 7) is 2.19. The lowest BCUT2D eigenvalue weighted by Crippen LogP contribution is -2.49. The van der Waals surface area contributed by atoms with Gasteiger partial charge in [0.15, 0.2) is 0 Å². The van der Waals surface area contributed by atoms with Crippen LogP contribution in [0.1, 0.15) is 5.56 Å². The van der Waals surface area contributed by atoms with E-state index in [0.29, 0.717) is 26.2 Å². The molecular formula is C11H14F3N3. The van der Waals surface area contributed by atoms with E-state index < -0.39 is 11.7 Å². The van der Waals surface area contributed by atoms with E-state index in [9.17, 15) is 13.2 Å². The first kappa shape index (κ1) is 12.2. The van der Waals surface area contributed by atoms with Gasteiger partial charge in [-0.3, -0.25) is 5.84 Å². The molecule has 0 saturated carbocycles. The van der Waals surface area contributed by atoms with Crippen LogP contribution in [0.15, 0.2) is 24.3 Å². The van der Waals surface area contributed by atoms with Gasteiger partial charge >= 0.3 is 6.18 Å². The SMILES string of the molecule is NN1CCN(c2ccccc2C(F)(F)F)CC1. The quantitative estimate of drug-likeness (QED) is 0.764. The minimum absolute atomic E-state index is 0.244. The average molecular weight is 245 g/mol. The standard InChI is InChI=1S/C11H14F3N3/c12-11(13,14)9-3-1-2-4-10(9)16-5-7-17(15)8-6-16/h1-4H,5-8,15H2. The number of nitrogens with two attached hydrogens (primary N) is 1. The fraction of sp³-hybridized carbons (Fsp3) is 0.455. The molecular weight excluding hydrogens is 231 g/mol. The second-order valence-electron chi connectivity index (χ2n) is 4.04. The van der Waals surface area contributed by atoms with E-state index in [4.69, 9.17) is 5.84 Å². The van der Waals surface area contributed by atoms with Crippen molar-refractivity contribution in [1.82, 2.24) is 5.01 Å². The van der Waals surface area contributed by atoms with Gasteiger partial charge in [0.1, 0.15) is 0 Å². The highest BCUT2D eigenvalue weighted by molar-refractivity contribution is 5.55. The van der Waals surface area contributed by atoms with Crippen molar-refractivity contribution >= 4 is 5.69 Å². The minimum atomic E-state index is -4.31. The van der Waals surface area contributed by atoms with E-state index in [2.05, 4.69) is 0 Å². The van der Waals surface area contributed by atoms with Gasteiger partial charge in [0, 0.05) is 31.9 Å². The summed E-state index contributed by atoms with van der Waals surface area (Å²) in [7, 11) is 0. The molecule has 17 heavy (non-hydrogen) atoms. The van der Waals surface area contributed by atoms with Gasteiger partial charge in [-0.1, -0.05) is 12.1 Å². The Bertz CT molecular complexity index is 384. The Labute approximate surface area is 97.6 Å². The number of benzene rings is 1. The summed E-state index contributed by atoms with van der Waals surface area (Å²) in [6, 6.07) is 5.66. The van der Waals surface area contributed by atoms with Crippen molar-refractivity contribution in [3.63, 3.8) is 0 Å².